The van der Waals surface area contributed by atoms with Crippen LogP contribution < -0.4 is 10.6 Å². The van der Waals surface area contributed by atoms with Crippen LogP contribution in [0.15, 0.2) is 91.0 Å². The molecule has 0 radical (unpaired) electrons. The number of hydrogen-bond donors (Lipinski definition) is 2. The van der Waals surface area contributed by atoms with Gasteiger partial charge in [-0.1, -0.05) is 54.6 Å². The van der Waals surface area contributed by atoms with Crippen LogP contribution in [-0.2, 0) is 4.74 Å². The number of nitrogens with two attached hydrogens (primary N) is 1. The van der Waals surface area contributed by atoms with Crippen LogP contribution in [0.25, 0.3) is 6.08 Å². The second kappa shape index (κ2) is 12.2. The number of carboxylic acid groups (broad SMARTS) is 1. The van der Waals surface area contributed by atoms with Crippen LogP contribution in [0.5, 0.6) is 0 Å². The Morgan fingerprint density at radius 3 is 1.91 bits per heavy atom. The SMILES string of the molecule is CC(C)(C)N.O=C(O)c1cccc(/C=C\COC(=O)N(c2ccccc2)c2ccccc2)c1. The molecule has 0 aromatic heterocycles. The molecule has 6 nitrogen and oxygen atoms in total. The third-order valence-electron chi connectivity index (χ3n) is 3.96. The molecule has 0 saturated carbocycles. The maximum Gasteiger partial charge on any atom is 0.419 e. The number of carbonyl (C=O) groups is 2. The number of para-hydroxylation sites is 2. The van der Waals surface area contributed by atoms with E-state index in [1.165, 1.54) is 11.0 Å². The quantitative estimate of drug-likeness (QED) is 0.476. The lowest BCUT2D eigenvalue weighted by molar-refractivity contribution is 0.0696. The lowest BCUT2D eigenvalue weighted by Crippen LogP contribution is -2.26. The molecule has 3 N–H and O–H groups in total. The number of rotatable bonds is 6. The van der Waals surface area contributed by atoms with E-state index in [0.29, 0.717) is 11.4 Å². The second-order valence-corrected chi connectivity index (χ2v) is 8.28. The molecular weight excluding hydrogens is 416 g/mol. The molecule has 33 heavy (non-hydrogen) atoms. The zero-order valence-electron chi connectivity index (χ0n) is 19.1. The summed E-state index contributed by atoms with van der Waals surface area (Å²) in [5.74, 6) is -0.983. The van der Waals surface area contributed by atoms with E-state index in [4.69, 9.17) is 15.6 Å². The molecule has 0 fully saturated rings. The highest BCUT2D eigenvalue weighted by Gasteiger charge is 2.18. The van der Waals surface area contributed by atoms with Crippen molar-refractivity contribution in [2.45, 2.75) is 26.3 Å². The van der Waals surface area contributed by atoms with Crippen molar-refractivity contribution in [3.63, 3.8) is 0 Å². The molecule has 3 rings (SSSR count). The molecule has 0 atom stereocenters. The Morgan fingerprint density at radius 2 is 1.42 bits per heavy atom. The third-order valence-corrected chi connectivity index (χ3v) is 3.96. The van der Waals surface area contributed by atoms with Gasteiger partial charge in [-0.25, -0.2) is 14.5 Å². The minimum atomic E-state index is -0.983. The Bertz CT molecular complexity index is 1010. The van der Waals surface area contributed by atoms with Gasteiger partial charge in [-0.2, -0.15) is 0 Å². The second-order valence-electron chi connectivity index (χ2n) is 8.28. The molecule has 6 heteroatoms. The van der Waals surface area contributed by atoms with Gasteiger partial charge in [-0.05, 0) is 68.8 Å². The van der Waals surface area contributed by atoms with E-state index in [1.807, 2.05) is 81.4 Å². The highest BCUT2D eigenvalue weighted by atomic mass is 16.6. The van der Waals surface area contributed by atoms with Gasteiger partial charge in [-0.15, -0.1) is 0 Å². The van der Waals surface area contributed by atoms with Gasteiger partial charge in [-0.3, -0.25) is 0 Å². The summed E-state index contributed by atoms with van der Waals surface area (Å²) in [6, 6.07) is 25.1. The molecular formula is C27H30N2O4. The number of amides is 1. The first-order valence-corrected chi connectivity index (χ1v) is 10.5. The fourth-order valence-electron chi connectivity index (χ4n) is 2.66. The van der Waals surface area contributed by atoms with Crippen LogP contribution in [0.1, 0.15) is 36.7 Å². The fraction of sp³-hybridized carbons (Fsp3) is 0.185. The number of aromatic carboxylic acids is 1. The average Bonchev–Trinajstić information content (AvgIpc) is 2.77. The summed E-state index contributed by atoms with van der Waals surface area (Å²) >= 11 is 0. The number of hydrogen-bond acceptors (Lipinski definition) is 4. The Kier molecular flexibility index (Phi) is 9.39. The first-order chi connectivity index (χ1) is 15.6. The van der Waals surface area contributed by atoms with Gasteiger partial charge >= 0.3 is 12.1 Å². The van der Waals surface area contributed by atoms with Crippen molar-refractivity contribution in [1.29, 1.82) is 0 Å². The summed E-state index contributed by atoms with van der Waals surface area (Å²) < 4.78 is 5.40. The molecule has 0 aliphatic carbocycles. The number of benzene rings is 3. The largest absolute Gasteiger partial charge is 0.478 e. The standard InChI is InChI=1S/C23H19NO4.C4H11N/c25-22(26)19-11-7-9-18(17-19)10-8-16-28-23(27)24(20-12-3-1-4-13-20)21-14-5-2-6-15-21;1-4(2,3)5/h1-15,17H,16H2,(H,25,26);5H2,1-3H3/b10-8-;. The molecule has 3 aromatic rings. The Hall–Kier alpha value is -3.90. The van der Waals surface area contributed by atoms with Crippen LogP contribution in [-0.4, -0.2) is 29.3 Å². The fourth-order valence-corrected chi connectivity index (χ4v) is 2.66. The highest BCUT2D eigenvalue weighted by molar-refractivity contribution is 5.96. The molecule has 0 spiro atoms. The average molecular weight is 447 g/mol. The zero-order valence-corrected chi connectivity index (χ0v) is 19.1. The van der Waals surface area contributed by atoms with E-state index in [9.17, 15) is 9.59 Å². The van der Waals surface area contributed by atoms with E-state index in [-0.39, 0.29) is 17.7 Å². The van der Waals surface area contributed by atoms with Crippen LogP contribution in [0, 0.1) is 0 Å². The van der Waals surface area contributed by atoms with Gasteiger partial charge < -0.3 is 15.6 Å². The van der Waals surface area contributed by atoms with Crippen LogP contribution in [0.3, 0.4) is 0 Å². The lowest BCUT2D eigenvalue weighted by atomic mass is 10.1. The summed E-state index contributed by atoms with van der Waals surface area (Å²) in [5.41, 5.74) is 7.69. The van der Waals surface area contributed by atoms with Gasteiger partial charge in [0.2, 0.25) is 0 Å². The van der Waals surface area contributed by atoms with E-state index in [1.54, 1.807) is 30.4 Å². The molecule has 3 aromatic carbocycles. The highest BCUT2D eigenvalue weighted by Crippen LogP contribution is 2.25. The van der Waals surface area contributed by atoms with Crippen molar-refractivity contribution in [3.05, 3.63) is 102 Å². The molecule has 1 amide bonds. The predicted molar refractivity (Wildman–Crippen MR) is 133 cm³/mol. The Balaban J connectivity index is 0.000000696. The van der Waals surface area contributed by atoms with Crippen molar-refractivity contribution in [3.8, 4) is 0 Å². The van der Waals surface area contributed by atoms with Crippen molar-refractivity contribution in [2.24, 2.45) is 5.73 Å². The number of nitrogens with zero attached hydrogens (tertiary/aromatic N) is 1. The summed E-state index contributed by atoms with van der Waals surface area (Å²) in [6.07, 6.45) is 2.89. The van der Waals surface area contributed by atoms with Crippen LogP contribution in [0.2, 0.25) is 0 Å². The first-order valence-electron chi connectivity index (χ1n) is 10.5. The topological polar surface area (TPSA) is 92.9 Å². The van der Waals surface area contributed by atoms with E-state index < -0.39 is 12.1 Å². The molecule has 0 bridgehead atoms. The number of anilines is 2. The minimum absolute atomic E-state index is 0. The minimum Gasteiger partial charge on any atom is -0.478 e. The Labute approximate surface area is 194 Å². The van der Waals surface area contributed by atoms with Crippen LogP contribution in [0.4, 0.5) is 16.2 Å². The van der Waals surface area contributed by atoms with Crippen molar-refractivity contribution in [1.82, 2.24) is 0 Å². The van der Waals surface area contributed by atoms with Gasteiger partial charge in [0.05, 0.1) is 16.9 Å². The number of carboxylic acids is 1. The molecule has 0 unspecified atom stereocenters. The van der Waals surface area contributed by atoms with Crippen molar-refractivity contribution in [2.75, 3.05) is 11.5 Å². The summed E-state index contributed by atoms with van der Waals surface area (Å²) in [6.45, 7) is 5.96. The normalized spacial score (nSPS) is 10.8. The Morgan fingerprint density at radius 1 is 0.909 bits per heavy atom. The lowest BCUT2D eigenvalue weighted by Gasteiger charge is -2.22. The maximum absolute atomic E-state index is 12.7. The molecule has 0 aliphatic heterocycles. The maximum atomic E-state index is 12.7. The smallest absolute Gasteiger partial charge is 0.419 e. The number of ether oxygens (including phenoxy) is 1. The van der Waals surface area contributed by atoms with Gasteiger partial charge in [0.25, 0.3) is 0 Å². The van der Waals surface area contributed by atoms with Crippen molar-refractivity contribution < 1.29 is 19.4 Å². The van der Waals surface area contributed by atoms with Crippen molar-refractivity contribution >= 4 is 29.5 Å². The third kappa shape index (κ3) is 9.41. The van der Waals surface area contributed by atoms with E-state index in [2.05, 4.69) is 0 Å². The van der Waals surface area contributed by atoms with E-state index in [0.717, 1.165) is 5.56 Å². The summed E-state index contributed by atoms with van der Waals surface area (Å²) in [5, 5.41) is 9.03. The predicted octanol–water partition coefficient (Wildman–Crippen LogP) is 6.12. The molecule has 0 aliphatic rings. The van der Waals surface area contributed by atoms with Gasteiger partial charge in [0.15, 0.2) is 0 Å². The first kappa shape index (κ1) is 25.4. The zero-order chi connectivity index (χ0) is 24.3. The van der Waals surface area contributed by atoms with Crippen LogP contribution >= 0.6 is 0 Å². The number of carbonyl (C=O) groups excluding carboxylic acids is 1. The summed E-state index contributed by atoms with van der Waals surface area (Å²) in [7, 11) is 0. The van der Waals surface area contributed by atoms with Gasteiger partial charge in [0, 0.05) is 5.54 Å². The molecule has 172 valence electrons. The monoisotopic (exact) mass is 446 g/mol. The summed E-state index contributed by atoms with van der Waals surface area (Å²) in [4.78, 5) is 25.2. The van der Waals surface area contributed by atoms with Gasteiger partial charge in [0.1, 0.15) is 6.61 Å². The van der Waals surface area contributed by atoms with E-state index >= 15 is 0 Å². The molecule has 0 heterocycles. The molecule has 0 saturated heterocycles.